The number of allylic oxidation sites excluding steroid dienone is 6. The fraction of sp³-hybridized carbons (Fsp3) is 0.871. The van der Waals surface area contributed by atoms with Gasteiger partial charge in [-0.25, -0.2) is 0 Å². The Bertz CT molecular complexity index is 1060. The summed E-state index contributed by atoms with van der Waals surface area (Å²) in [5.74, 6) is -0.574. The van der Waals surface area contributed by atoms with E-state index in [1.807, 2.05) is 0 Å². The number of rotatable bonds is 56. The number of unbranched alkanes of at least 4 members (excludes halogenated alkanes) is 42. The van der Waals surface area contributed by atoms with Crippen LogP contribution in [0.25, 0.3) is 0 Å². The summed E-state index contributed by atoms with van der Waals surface area (Å²) in [6, 6.07) is 0. The summed E-state index contributed by atoms with van der Waals surface area (Å²) in [5.41, 5.74) is 0. The maximum absolute atomic E-state index is 12.3. The highest BCUT2D eigenvalue weighted by molar-refractivity contribution is 5.70. The number of aliphatic hydroxyl groups excluding tert-OH is 1. The lowest BCUT2D eigenvalue weighted by atomic mass is 10.0. The molecule has 1 N–H and O–H groups in total. The minimum absolute atomic E-state index is 0.0616. The zero-order valence-electron chi connectivity index (χ0n) is 45.2. The summed E-state index contributed by atoms with van der Waals surface area (Å²) in [4.78, 5) is 24.6. The monoisotopic (exact) mass is 941 g/mol. The first-order chi connectivity index (χ1) is 33.1. The predicted octanol–water partition coefficient (Wildman–Crippen LogP) is 20.3. The molecule has 0 saturated heterocycles. The van der Waals surface area contributed by atoms with Gasteiger partial charge in [-0.3, -0.25) is 9.59 Å². The van der Waals surface area contributed by atoms with Crippen molar-refractivity contribution in [2.24, 2.45) is 0 Å². The highest BCUT2D eigenvalue weighted by Crippen LogP contribution is 2.18. The Balaban J connectivity index is 3.44. The van der Waals surface area contributed by atoms with E-state index in [0.29, 0.717) is 12.8 Å². The van der Waals surface area contributed by atoms with Crippen LogP contribution in [-0.2, 0) is 19.1 Å². The van der Waals surface area contributed by atoms with Crippen LogP contribution in [0.15, 0.2) is 36.5 Å². The van der Waals surface area contributed by atoms with E-state index in [4.69, 9.17) is 9.47 Å². The summed E-state index contributed by atoms with van der Waals surface area (Å²) in [6.45, 7) is 4.18. The van der Waals surface area contributed by atoms with Gasteiger partial charge < -0.3 is 14.6 Å². The quantitative estimate of drug-likeness (QED) is 0.0374. The van der Waals surface area contributed by atoms with E-state index < -0.39 is 6.10 Å². The lowest BCUT2D eigenvalue weighted by molar-refractivity contribution is -0.161. The summed E-state index contributed by atoms with van der Waals surface area (Å²) in [5, 5.41) is 9.67. The Morgan fingerprint density at radius 1 is 0.343 bits per heavy atom. The Hall–Kier alpha value is -1.88. The third-order valence-electron chi connectivity index (χ3n) is 13.7. The highest BCUT2D eigenvalue weighted by atomic mass is 16.6. The average molecular weight is 942 g/mol. The molecule has 0 aromatic rings. The maximum Gasteiger partial charge on any atom is 0.306 e. The van der Waals surface area contributed by atoms with Gasteiger partial charge in [0.2, 0.25) is 0 Å². The van der Waals surface area contributed by atoms with Gasteiger partial charge in [0.25, 0.3) is 0 Å². The lowest BCUT2D eigenvalue weighted by Gasteiger charge is -2.15. The van der Waals surface area contributed by atoms with Crippen molar-refractivity contribution in [2.45, 2.75) is 335 Å². The van der Waals surface area contributed by atoms with Crippen molar-refractivity contribution in [1.82, 2.24) is 0 Å². The van der Waals surface area contributed by atoms with Gasteiger partial charge in [0.05, 0.1) is 6.61 Å². The van der Waals surface area contributed by atoms with Gasteiger partial charge in [0, 0.05) is 12.8 Å². The van der Waals surface area contributed by atoms with E-state index in [9.17, 15) is 14.7 Å². The number of hydrogen-bond donors (Lipinski definition) is 1. The number of aliphatic hydroxyl groups is 1. The second-order valence-corrected chi connectivity index (χ2v) is 20.4. The van der Waals surface area contributed by atoms with Crippen LogP contribution in [0, 0.1) is 0 Å². The van der Waals surface area contributed by atoms with Gasteiger partial charge in [0.1, 0.15) is 6.61 Å². The van der Waals surface area contributed by atoms with Crippen LogP contribution < -0.4 is 0 Å². The summed E-state index contributed by atoms with van der Waals surface area (Å²) >= 11 is 0. The molecule has 0 amide bonds. The smallest absolute Gasteiger partial charge is 0.306 e. The molecule has 5 nitrogen and oxygen atoms in total. The van der Waals surface area contributed by atoms with Gasteiger partial charge in [-0.2, -0.15) is 0 Å². The van der Waals surface area contributed by atoms with Crippen LogP contribution in [0.2, 0.25) is 0 Å². The number of esters is 2. The molecule has 0 aromatic carbocycles. The fourth-order valence-corrected chi connectivity index (χ4v) is 9.15. The highest BCUT2D eigenvalue weighted by Gasteiger charge is 2.16. The SMILES string of the molecule is CCCCCCC/C=C\C/C=C\C/C=C\CCCCCCCCCCCCCCC(=O)OC(CO)COC(=O)CCCCCCCCCCCCCCCCCCCCCCCCCCCC. The molecule has 0 aliphatic heterocycles. The lowest BCUT2D eigenvalue weighted by Crippen LogP contribution is -2.28. The first-order valence-electron chi connectivity index (χ1n) is 30.0. The predicted molar refractivity (Wildman–Crippen MR) is 293 cm³/mol. The van der Waals surface area contributed by atoms with Gasteiger partial charge in [0.15, 0.2) is 6.10 Å². The summed E-state index contributed by atoms with van der Waals surface area (Å²) in [6.07, 6.45) is 75.6. The zero-order valence-corrected chi connectivity index (χ0v) is 45.2. The number of hydrogen-bond acceptors (Lipinski definition) is 5. The number of carbonyl (C=O) groups is 2. The van der Waals surface area contributed by atoms with Gasteiger partial charge in [-0.1, -0.05) is 301 Å². The molecule has 394 valence electrons. The number of carbonyl (C=O) groups excluding carboxylic acids is 2. The van der Waals surface area contributed by atoms with Crippen molar-refractivity contribution < 1.29 is 24.2 Å². The average Bonchev–Trinajstić information content (AvgIpc) is 3.33. The van der Waals surface area contributed by atoms with E-state index in [-0.39, 0.29) is 25.2 Å². The molecule has 0 fully saturated rings. The van der Waals surface area contributed by atoms with Crippen molar-refractivity contribution in [3.05, 3.63) is 36.5 Å². The molecule has 0 spiro atoms. The third kappa shape index (κ3) is 56.6. The van der Waals surface area contributed by atoms with E-state index >= 15 is 0 Å². The molecule has 1 atom stereocenters. The van der Waals surface area contributed by atoms with Crippen LogP contribution in [0.3, 0.4) is 0 Å². The fourth-order valence-electron chi connectivity index (χ4n) is 9.15. The van der Waals surface area contributed by atoms with E-state index in [1.165, 1.54) is 257 Å². The molecule has 0 saturated carbocycles. The topological polar surface area (TPSA) is 72.8 Å². The molecule has 0 radical (unpaired) electrons. The summed E-state index contributed by atoms with van der Waals surface area (Å²) < 4.78 is 10.7. The second kappa shape index (κ2) is 58.4. The third-order valence-corrected chi connectivity index (χ3v) is 13.7. The largest absolute Gasteiger partial charge is 0.462 e. The molecule has 0 aromatic heterocycles. The second-order valence-electron chi connectivity index (χ2n) is 20.4. The molecular weight excluding hydrogens is 825 g/mol. The summed E-state index contributed by atoms with van der Waals surface area (Å²) in [7, 11) is 0. The van der Waals surface area contributed by atoms with Crippen LogP contribution in [-0.4, -0.2) is 36.4 Å². The molecule has 0 rings (SSSR count). The molecule has 67 heavy (non-hydrogen) atoms. The molecule has 1 unspecified atom stereocenters. The number of ether oxygens (including phenoxy) is 2. The van der Waals surface area contributed by atoms with E-state index in [2.05, 4.69) is 50.3 Å². The van der Waals surface area contributed by atoms with Gasteiger partial charge in [-0.15, -0.1) is 0 Å². The van der Waals surface area contributed by atoms with Crippen LogP contribution in [0.1, 0.15) is 328 Å². The first-order valence-corrected chi connectivity index (χ1v) is 30.0. The zero-order chi connectivity index (χ0) is 48.5. The van der Waals surface area contributed by atoms with Gasteiger partial charge in [-0.05, 0) is 51.4 Å². The molecule has 0 heterocycles. The van der Waals surface area contributed by atoms with E-state index in [1.54, 1.807) is 0 Å². The van der Waals surface area contributed by atoms with Crippen molar-refractivity contribution in [2.75, 3.05) is 13.2 Å². The Kier molecular flexibility index (Phi) is 56.8. The molecule has 0 aliphatic carbocycles. The normalized spacial score (nSPS) is 12.3. The van der Waals surface area contributed by atoms with Crippen molar-refractivity contribution in [1.29, 1.82) is 0 Å². The Morgan fingerprint density at radius 2 is 0.597 bits per heavy atom. The first kappa shape index (κ1) is 65.1. The molecule has 0 aliphatic rings. The van der Waals surface area contributed by atoms with Crippen LogP contribution in [0.5, 0.6) is 0 Å². The molecular formula is C62H116O5. The standard InChI is InChI=1S/C62H116O5/c1-3-5-7-9-11-13-15-17-19-21-23-25-27-29-31-33-35-37-39-41-43-45-47-49-51-53-55-57-62(65)67-60(58-63)59-66-61(64)56-54-52-50-48-46-44-42-40-38-36-34-32-30-28-26-24-22-20-18-16-14-12-10-8-6-4-2/h15,17,21,23,27,29,60,63H,3-14,16,18-20,22,24-26,28,30-59H2,1-2H3/b17-15-,23-21-,29-27-. The van der Waals surface area contributed by atoms with Crippen LogP contribution in [0.4, 0.5) is 0 Å². The van der Waals surface area contributed by atoms with Gasteiger partial charge >= 0.3 is 11.9 Å². The molecule has 0 bridgehead atoms. The molecule has 5 heteroatoms. The van der Waals surface area contributed by atoms with Crippen molar-refractivity contribution >= 4 is 11.9 Å². The Morgan fingerprint density at radius 3 is 0.896 bits per heavy atom. The van der Waals surface area contributed by atoms with Crippen molar-refractivity contribution in [3.63, 3.8) is 0 Å². The minimum Gasteiger partial charge on any atom is -0.462 e. The van der Waals surface area contributed by atoms with Crippen LogP contribution >= 0.6 is 0 Å². The minimum atomic E-state index is -0.771. The Labute approximate surface area is 418 Å². The van der Waals surface area contributed by atoms with Crippen molar-refractivity contribution in [3.8, 4) is 0 Å². The van der Waals surface area contributed by atoms with E-state index in [0.717, 1.165) is 44.9 Å². The maximum atomic E-state index is 12.3.